The van der Waals surface area contributed by atoms with Crippen molar-refractivity contribution >= 4 is 11.8 Å². The molecule has 3 heterocycles. The third-order valence-electron chi connectivity index (χ3n) is 3.56. The largest absolute Gasteiger partial charge is 0.324 e. The van der Waals surface area contributed by atoms with Crippen LogP contribution in [0.15, 0.2) is 28.5 Å². The van der Waals surface area contributed by atoms with Crippen molar-refractivity contribution in [1.82, 2.24) is 19.7 Å². The minimum atomic E-state index is 0.0194. The van der Waals surface area contributed by atoms with Crippen LogP contribution in [0.1, 0.15) is 43.6 Å². The van der Waals surface area contributed by atoms with E-state index in [0.717, 1.165) is 34.5 Å². The van der Waals surface area contributed by atoms with Crippen LogP contribution in [0.25, 0.3) is 0 Å². The summed E-state index contributed by atoms with van der Waals surface area (Å²) in [6.07, 6.45) is 6.56. The van der Waals surface area contributed by atoms with Crippen LogP contribution >= 0.6 is 11.8 Å². The smallest absolute Gasteiger partial charge is 0.197 e. The number of rotatable bonds is 3. The van der Waals surface area contributed by atoms with E-state index < -0.39 is 0 Å². The van der Waals surface area contributed by atoms with E-state index >= 15 is 0 Å². The lowest BCUT2D eigenvalue weighted by molar-refractivity contribution is 0.590. The Hall–Kier alpha value is -1.40. The molecule has 0 spiro atoms. The molecule has 0 aliphatic carbocycles. The van der Waals surface area contributed by atoms with E-state index in [2.05, 4.69) is 19.7 Å². The van der Waals surface area contributed by atoms with Gasteiger partial charge < -0.3 is 10.3 Å². The molecular weight excluding hydrogens is 270 g/mol. The van der Waals surface area contributed by atoms with Crippen molar-refractivity contribution in [3.8, 4) is 0 Å². The molecule has 1 aliphatic rings. The van der Waals surface area contributed by atoms with Crippen molar-refractivity contribution in [2.45, 2.75) is 55.4 Å². The number of fused-ring (bicyclic) bond motifs is 1. The zero-order chi connectivity index (χ0) is 13.9. The van der Waals surface area contributed by atoms with E-state index in [4.69, 9.17) is 5.73 Å². The number of pyridine rings is 1. The minimum Gasteiger partial charge on any atom is -0.324 e. The molecule has 2 aromatic rings. The van der Waals surface area contributed by atoms with Crippen LogP contribution in [-0.2, 0) is 13.0 Å². The molecule has 0 aromatic carbocycles. The Kier molecular flexibility index (Phi) is 4.03. The summed E-state index contributed by atoms with van der Waals surface area (Å²) < 4.78 is 2.23. The molecule has 1 aliphatic heterocycles. The van der Waals surface area contributed by atoms with Crippen molar-refractivity contribution in [3.63, 3.8) is 0 Å². The van der Waals surface area contributed by atoms with E-state index in [0.29, 0.717) is 0 Å². The van der Waals surface area contributed by atoms with Gasteiger partial charge in [0.25, 0.3) is 0 Å². The van der Waals surface area contributed by atoms with Crippen LogP contribution in [0, 0.1) is 0 Å². The summed E-state index contributed by atoms with van der Waals surface area (Å²) in [7, 11) is 0. The molecule has 0 fully saturated rings. The predicted molar refractivity (Wildman–Crippen MR) is 78.5 cm³/mol. The number of nitrogens with two attached hydrogens (primary N) is 1. The maximum atomic E-state index is 5.84. The van der Waals surface area contributed by atoms with E-state index in [1.165, 1.54) is 19.3 Å². The van der Waals surface area contributed by atoms with E-state index in [1.54, 1.807) is 11.8 Å². The van der Waals surface area contributed by atoms with E-state index in [1.807, 2.05) is 25.3 Å². The number of hydrogen-bond donors (Lipinski definition) is 1. The van der Waals surface area contributed by atoms with Crippen molar-refractivity contribution < 1.29 is 0 Å². The van der Waals surface area contributed by atoms with Crippen molar-refractivity contribution in [3.05, 3.63) is 29.7 Å². The molecule has 5 nitrogen and oxygen atoms in total. The fourth-order valence-corrected chi connectivity index (χ4v) is 3.17. The lowest BCUT2D eigenvalue weighted by Gasteiger charge is -2.07. The average molecular weight is 289 g/mol. The van der Waals surface area contributed by atoms with Crippen molar-refractivity contribution in [2.24, 2.45) is 5.73 Å². The molecule has 6 heteroatoms. The van der Waals surface area contributed by atoms with Gasteiger partial charge in [-0.2, -0.15) is 0 Å². The third-order valence-corrected chi connectivity index (χ3v) is 4.49. The van der Waals surface area contributed by atoms with Gasteiger partial charge in [-0.3, -0.25) is 0 Å². The second kappa shape index (κ2) is 5.93. The molecule has 0 saturated carbocycles. The molecule has 0 saturated heterocycles. The van der Waals surface area contributed by atoms with Crippen LogP contribution < -0.4 is 5.73 Å². The highest BCUT2D eigenvalue weighted by atomic mass is 32.2. The standard InChI is InChI=1S/C14H19N5S/c1-10(15)11-6-7-13(16-9-11)20-14-18-17-12-5-3-2-4-8-19(12)14/h6-7,9-10H,2-5,8,15H2,1H3/t10-/m0/s1. The van der Waals surface area contributed by atoms with Gasteiger partial charge in [0.2, 0.25) is 0 Å². The predicted octanol–water partition coefficient (Wildman–Crippen LogP) is 2.57. The summed E-state index contributed by atoms with van der Waals surface area (Å²) in [4.78, 5) is 4.45. The zero-order valence-electron chi connectivity index (χ0n) is 11.6. The van der Waals surface area contributed by atoms with Crippen LogP contribution in [0.3, 0.4) is 0 Å². The highest BCUT2D eigenvalue weighted by Gasteiger charge is 2.15. The van der Waals surface area contributed by atoms with Gasteiger partial charge in [0, 0.05) is 25.2 Å². The Labute approximate surface area is 123 Å². The molecule has 3 rings (SSSR count). The monoisotopic (exact) mass is 289 g/mol. The highest BCUT2D eigenvalue weighted by molar-refractivity contribution is 7.99. The summed E-state index contributed by atoms with van der Waals surface area (Å²) >= 11 is 1.58. The summed E-state index contributed by atoms with van der Waals surface area (Å²) in [6.45, 7) is 2.98. The second-order valence-corrected chi connectivity index (χ2v) is 6.17. The molecule has 20 heavy (non-hydrogen) atoms. The van der Waals surface area contributed by atoms with Gasteiger partial charge in [-0.15, -0.1) is 10.2 Å². The van der Waals surface area contributed by atoms with Gasteiger partial charge in [-0.1, -0.05) is 12.5 Å². The molecule has 0 radical (unpaired) electrons. The molecule has 106 valence electrons. The quantitative estimate of drug-likeness (QED) is 0.940. The van der Waals surface area contributed by atoms with Gasteiger partial charge >= 0.3 is 0 Å². The topological polar surface area (TPSA) is 69.6 Å². The molecule has 2 N–H and O–H groups in total. The van der Waals surface area contributed by atoms with Gasteiger partial charge in [0.05, 0.1) is 0 Å². The third kappa shape index (κ3) is 2.86. The second-order valence-electron chi connectivity index (χ2n) is 5.18. The normalized spacial score (nSPS) is 16.5. The molecular formula is C14H19N5S. The van der Waals surface area contributed by atoms with Gasteiger partial charge in [0.1, 0.15) is 10.9 Å². The summed E-state index contributed by atoms with van der Waals surface area (Å²) in [5, 5.41) is 10.5. The summed E-state index contributed by atoms with van der Waals surface area (Å²) in [6, 6.07) is 4.05. The van der Waals surface area contributed by atoms with Crippen molar-refractivity contribution in [2.75, 3.05) is 0 Å². The Morgan fingerprint density at radius 2 is 2.15 bits per heavy atom. The number of aryl methyl sites for hydroxylation is 1. The van der Waals surface area contributed by atoms with Gasteiger partial charge in [0.15, 0.2) is 5.16 Å². The molecule has 0 amide bonds. The van der Waals surface area contributed by atoms with Gasteiger partial charge in [-0.05, 0) is 43.2 Å². The van der Waals surface area contributed by atoms with E-state index in [-0.39, 0.29) is 6.04 Å². The Bertz CT molecular complexity index is 576. The first kappa shape index (κ1) is 13.6. The first-order valence-electron chi connectivity index (χ1n) is 7.05. The SMILES string of the molecule is C[C@H](N)c1ccc(Sc2nnc3n2CCCCC3)nc1. The van der Waals surface area contributed by atoms with Crippen LogP contribution in [0.5, 0.6) is 0 Å². The Morgan fingerprint density at radius 3 is 2.90 bits per heavy atom. The summed E-state index contributed by atoms with van der Waals surface area (Å²) in [5.74, 6) is 1.11. The van der Waals surface area contributed by atoms with Gasteiger partial charge in [-0.25, -0.2) is 4.98 Å². The summed E-state index contributed by atoms with van der Waals surface area (Å²) in [5.41, 5.74) is 6.89. The molecule has 2 aromatic heterocycles. The van der Waals surface area contributed by atoms with Crippen LogP contribution in [-0.4, -0.2) is 19.7 Å². The number of aromatic nitrogens is 4. The fourth-order valence-electron chi connectivity index (χ4n) is 2.35. The van der Waals surface area contributed by atoms with Crippen LogP contribution in [0.2, 0.25) is 0 Å². The maximum Gasteiger partial charge on any atom is 0.197 e. The van der Waals surface area contributed by atoms with E-state index in [9.17, 15) is 0 Å². The number of nitrogens with zero attached hydrogens (tertiary/aromatic N) is 4. The lowest BCUT2D eigenvalue weighted by Crippen LogP contribution is -2.05. The first-order valence-corrected chi connectivity index (χ1v) is 7.87. The lowest BCUT2D eigenvalue weighted by atomic mass is 10.2. The zero-order valence-corrected chi connectivity index (χ0v) is 12.4. The fraction of sp³-hybridized carbons (Fsp3) is 0.500. The minimum absolute atomic E-state index is 0.0194. The molecule has 0 bridgehead atoms. The average Bonchev–Trinajstić information content (AvgIpc) is 2.69. The number of hydrogen-bond acceptors (Lipinski definition) is 5. The van der Waals surface area contributed by atoms with Crippen LogP contribution in [0.4, 0.5) is 0 Å². The maximum absolute atomic E-state index is 5.84. The highest BCUT2D eigenvalue weighted by Crippen LogP contribution is 2.27. The molecule has 1 atom stereocenters. The van der Waals surface area contributed by atoms with Crippen molar-refractivity contribution in [1.29, 1.82) is 0 Å². The Balaban J connectivity index is 1.79. The molecule has 0 unspecified atom stereocenters. The Morgan fingerprint density at radius 1 is 1.25 bits per heavy atom. The first-order chi connectivity index (χ1) is 9.74.